The third-order valence-corrected chi connectivity index (χ3v) is 10.2. The third kappa shape index (κ3) is 9.19. The van der Waals surface area contributed by atoms with Crippen LogP contribution in [0.25, 0.3) is 0 Å². The molecule has 0 spiro atoms. The van der Waals surface area contributed by atoms with Crippen LogP contribution in [0.5, 0.6) is 23.0 Å². The Bertz CT molecular complexity index is 1650. The van der Waals surface area contributed by atoms with Crippen LogP contribution in [0.3, 0.4) is 0 Å². The summed E-state index contributed by atoms with van der Waals surface area (Å²) in [5, 5.41) is 10.6. The van der Waals surface area contributed by atoms with E-state index in [0.29, 0.717) is 24.2 Å². The summed E-state index contributed by atoms with van der Waals surface area (Å²) in [5.41, 5.74) is 4.09. The Morgan fingerprint density at radius 1 is 0.580 bits per heavy atom. The minimum absolute atomic E-state index is 0.131. The molecule has 0 amide bonds. The number of ether oxygens (including phenoxy) is 6. The van der Waals surface area contributed by atoms with Gasteiger partial charge < -0.3 is 33.5 Å². The molecule has 4 unspecified atom stereocenters. The molecule has 0 saturated carbocycles. The largest absolute Gasteiger partial charge is 0.491 e. The molecule has 7 heteroatoms. The van der Waals surface area contributed by atoms with Crippen LogP contribution in [0, 0.1) is 0 Å². The van der Waals surface area contributed by atoms with Crippen LogP contribution in [-0.4, -0.2) is 62.1 Å². The van der Waals surface area contributed by atoms with Crippen molar-refractivity contribution < 1.29 is 33.5 Å². The molecule has 2 aliphatic rings. The van der Waals surface area contributed by atoms with Crippen molar-refractivity contribution in [3.8, 4) is 23.0 Å². The maximum Gasteiger partial charge on any atom is 0.122 e. The molecule has 2 aliphatic heterocycles. The molecule has 50 heavy (non-hydrogen) atoms. The van der Waals surface area contributed by atoms with E-state index in [9.17, 15) is 5.11 Å². The van der Waals surface area contributed by atoms with E-state index < -0.39 is 6.10 Å². The monoisotopic (exact) mass is 680 g/mol. The van der Waals surface area contributed by atoms with Crippen LogP contribution >= 0.6 is 0 Å². The Morgan fingerprint density at radius 3 is 1.30 bits per heavy atom. The molecular formula is C43H52O7. The average Bonchev–Trinajstić information content (AvgIpc) is 4.07. The summed E-state index contributed by atoms with van der Waals surface area (Å²) in [6.07, 6.45) is 1.63. The first-order chi connectivity index (χ1) is 23.9. The Labute approximate surface area is 297 Å². The molecule has 0 radical (unpaired) electrons. The summed E-state index contributed by atoms with van der Waals surface area (Å²) < 4.78 is 34.7. The normalized spacial score (nSPS) is 18.9. The minimum Gasteiger partial charge on any atom is -0.491 e. The fraction of sp³-hybridized carbons (Fsp3) is 0.442. The fourth-order valence-electron chi connectivity index (χ4n) is 6.17. The van der Waals surface area contributed by atoms with Gasteiger partial charge in [0.2, 0.25) is 0 Å². The van der Waals surface area contributed by atoms with Crippen molar-refractivity contribution in [2.75, 3.05) is 33.0 Å². The summed E-state index contributed by atoms with van der Waals surface area (Å²) in [7, 11) is 0. The van der Waals surface area contributed by atoms with E-state index in [1.807, 2.05) is 36.4 Å². The highest BCUT2D eigenvalue weighted by molar-refractivity contribution is 5.43. The molecule has 2 saturated heterocycles. The van der Waals surface area contributed by atoms with E-state index in [-0.39, 0.29) is 35.7 Å². The molecule has 7 nitrogen and oxygen atoms in total. The Kier molecular flexibility index (Phi) is 10.8. The molecule has 0 aliphatic carbocycles. The van der Waals surface area contributed by atoms with Crippen molar-refractivity contribution >= 4 is 0 Å². The highest BCUT2D eigenvalue weighted by Gasteiger charge is 2.35. The summed E-state index contributed by atoms with van der Waals surface area (Å²) in [6.45, 7) is 15.6. The van der Waals surface area contributed by atoms with Gasteiger partial charge in [0.1, 0.15) is 60.6 Å². The van der Waals surface area contributed by atoms with Crippen molar-refractivity contribution in [1.29, 1.82) is 0 Å². The standard InChI is InChI=1S/C43H52O7/c1-7-43(6,24-39-27-48-39)50-38-22-14-33(15-23-38)42(4,5)31-10-18-36(19-11-31)46-26-34(44)25-45-35-16-8-30(9-17-35)41(2,3)32-12-20-37(21-13-32)47-28-40-29-49-40/h8-23,34,39-40,44H,7,24-29H2,1-6H3. The van der Waals surface area contributed by atoms with Gasteiger partial charge in [0, 0.05) is 17.3 Å². The van der Waals surface area contributed by atoms with Gasteiger partial charge in [0.25, 0.3) is 0 Å². The van der Waals surface area contributed by atoms with Crippen molar-refractivity contribution in [2.45, 2.75) is 89.1 Å². The SMILES string of the molecule is CCC(C)(CC1CO1)Oc1ccc(C(C)(C)c2ccc(OCC(O)COc3ccc(C(C)(C)c4ccc(OCC5CO5)cc4)cc3)cc2)cc1. The predicted octanol–water partition coefficient (Wildman–Crippen LogP) is 8.27. The number of hydrogen-bond acceptors (Lipinski definition) is 7. The summed E-state index contributed by atoms with van der Waals surface area (Å²) in [5.74, 6) is 3.14. The summed E-state index contributed by atoms with van der Waals surface area (Å²) in [4.78, 5) is 0. The van der Waals surface area contributed by atoms with Crippen LogP contribution < -0.4 is 18.9 Å². The molecule has 6 rings (SSSR count). The zero-order valence-corrected chi connectivity index (χ0v) is 30.3. The first-order valence-electron chi connectivity index (χ1n) is 17.8. The second-order valence-electron chi connectivity index (χ2n) is 15.0. The van der Waals surface area contributed by atoms with Gasteiger partial charge in [-0.3, -0.25) is 0 Å². The first-order valence-corrected chi connectivity index (χ1v) is 17.8. The second-order valence-corrected chi connectivity index (χ2v) is 15.0. The van der Waals surface area contributed by atoms with Crippen LogP contribution in [0.1, 0.15) is 76.6 Å². The molecule has 4 aromatic carbocycles. The molecule has 4 aromatic rings. The highest BCUT2D eigenvalue weighted by Crippen LogP contribution is 2.36. The molecule has 2 heterocycles. The fourth-order valence-corrected chi connectivity index (χ4v) is 6.17. The lowest BCUT2D eigenvalue weighted by Crippen LogP contribution is -2.33. The van der Waals surface area contributed by atoms with Crippen molar-refractivity contribution in [3.05, 3.63) is 119 Å². The van der Waals surface area contributed by atoms with Gasteiger partial charge in [0.15, 0.2) is 0 Å². The summed E-state index contributed by atoms with van der Waals surface area (Å²) in [6, 6.07) is 32.8. The molecule has 1 N–H and O–H groups in total. The van der Waals surface area contributed by atoms with E-state index >= 15 is 0 Å². The molecule has 0 aromatic heterocycles. The van der Waals surface area contributed by atoms with E-state index in [1.54, 1.807) is 0 Å². The van der Waals surface area contributed by atoms with Crippen molar-refractivity contribution in [3.63, 3.8) is 0 Å². The summed E-state index contributed by atoms with van der Waals surface area (Å²) >= 11 is 0. The lowest BCUT2D eigenvalue weighted by atomic mass is 9.78. The number of rotatable bonds is 18. The van der Waals surface area contributed by atoms with Gasteiger partial charge in [-0.2, -0.15) is 0 Å². The number of aliphatic hydroxyl groups is 1. The first kappa shape index (κ1) is 35.8. The maximum atomic E-state index is 10.6. The number of epoxide rings is 2. The Hall–Kier alpha value is -4.04. The number of hydrogen-bond donors (Lipinski definition) is 1. The smallest absolute Gasteiger partial charge is 0.122 e. The Balaban J connectivity index is 0.956. The van der Waals surface area contributed by atoms with Crippen LogP contribution in [0.4, 0.5) is 0 Å². The number of aliphatic hydroxyl groups excluding tert-OH is 1. The zero-order chi connectivity index (χ0) is 35.4. The third-order valence-electron chi connectivity index (χ3n) is 10.2. The average molecular weight is 681 g/mol. The van der Waals surface area contributed by atoms with Gasteiger partial charge in [-0.1, -0.05) is 83.1 Å². The number of benzene rings is 4. The molecule has 266 valence electrons. The van der Waals surface area contributed by atoms with Crippen molar-refractivity contribution in [1.82, 2.24) is 0 Å². The minimum atomic E-state index is -0.776. The van der Waals surface area contributed by atoms with E-state index in [2.05, 4.69) is 102 Å². The molecule has 4 atom stereocenters. The van der Waals surface area contributed by atoms with E-state index in [0.717, 1.165) is 37.6 Å². The van der Waals surface area contributed by atoms with E-state index in [4.69, 9.17) is 28.4 Å². The lowest BCUT2D eigenvalue weighted by molar-refractivity contribution is 0.0626. The Morgan fingerprint density at radius 2 is 0.940 bits per heavy atom. The quantitative estimate of drug-likeness (QED) is 0.106. The molecular weight excluding hydrogens is 628 g/mol. The lowest BCUT2D eigenvalue weighted by Gasteiger charge is -2.30. The topological polar surface area (TPSA) is 82.2 Å². The van der Waals surface area contributed by atoms with Gasteiger partial charge in [0.05, 0.1) is 19.3 Å². The van der Waals surface area contributed by atoms with Gasteiger partial charge >= 0.3 is 0 Å². The molecule has 2 fully saturated rings. The zero-order valence-electron chi connectivity index (χ0n) is 30.3. The van der Waals surface area contributed by atoms with E-state index in [1.165, 1.54) is 22.3 Å². The van der Waals surface area contributed by atoms with Gasteiger partial charge in [-0.15, -0.1) is 0 Å². The maximum absolute atomic E-state index is 10.6. The van der Waals surface area contributed by atoms with Gasteiger partial charge in [-0.05, 0) is 84.1 Å². The van der Waals surface area contributed by atoms with Crippen LogP contribution in [-0.2, 0) is 20.3 Å². The molecule has 0 bridgehead atoms. The van der Waals surface area contributed by atoms with Crippen LogP contribution in [0.15, 0.2) is 97.1 Å². The predicted molar refractivity (Wildman–Crippen MR) is 196 cm³/mol. The second kappa shape index (κ2) is 15.1. The van der Waals surface area contributed by atoms with Gasteiger partial charge in [-0.25, -0.2) is 0 Å². The highest BCUT2D eigenvalue weighted by atomic mass is 16.6. The van der Waals surface area contributed by atoms with Crippen LogP contribution in [0.2, 0.25) is 0 Å². The van der Waals surface area contributed by atoms with Crippen molar-refractivity contribution in [2.24, 2.45) is 0 Å².